The highest BCUT2D eigenvalue weighted by Crippen LogP contribution is 2.07. The molecule has 0 atom stereocenters. The highest BCUT2D eigenvalue weighted by Gasteiger charge is 2.16. The van der Waals surface area contributed by atoms with Crippen molar-refractivity contribution >= 4 is 15.9 Å². The van der Waals surface area contributed by atoms with Crippen LogP contribution in [0.25, 0.3) is 0 Å². The highest BCUT2D eigenvalue weighted by atomic mass is 32.2. The van der Waals surface area contributed by atoms with Crippen LogP contribution in [0.1, 0.15) is 32.9 Å². The maximum atomic E-state index is 11.6. The largest absolute Gasteiger partial charge is 0.444 e. The normalized spacial score (nSPS) is 12.2. The Hall–Kier alpha value is -1.57. The molecule has 0 unspecified atom stereocenters. The molecular weight excluding hydrogens is 294 g/mol. The molecule has 21 heavy (non-hydrogen) atoms. The number of ether oxygens (including phenoxy) is 1. The predicted octanol–water partition coefficient (Wildman–Crippen LogP) is 1.34. The van der Waals surface area contributed by atoms with Crippen molar-refractivity contribution in [2.24, 2.45) is 0 Å². The van der Waals surface area contributed by atoms with E-state index >= 15 is 0 Å². The molecule has 1 heterocycles. The molecule has 8 heteroatoms. The summed E-state index contributed by atoms with van der Waals surface area (Å²) in [6.07, 6.45) is 4.48. The summed E-state index contributed by atoms with van der Waals surface area (Å²) in [5.41, 5.74) is 0.258. The van der Waals surface area contributed by atoms with E-state index in [4.69, 9.17) is 4.74 Å². The maximum absolute atomic E-state index is 11.6. The minimum atomic E-state index is -2.96. The van der Waals surface area contributed by atoms with Crippen molar-refractivity contribution < 1.29 is 17.9 Å². The summed E-state index contributed by atoms with van der Waals surface area (Å²) in [7, 11) is -2.96. The zero-order chi connectivity index (χ0) is 16.1. The number of alkyl carbamates (subject to hydrolysis) is 1. The maximum Gasteiger partial charge on any atom is 0.407 e. The Morgan fingerprint density at radius 2 is 2.10 bits per heavy atom. The number of hydrogen-bond donors (Lipinski definition) is 1. The van der Waals surface area contributed by atoms with Crippen LogP contribution < -0.4 is 5.32 Å². The van der Waals surface area contributed by atoms with Gasteiger partial charge in [-0.3, -0.25) is 0 Å². The number of amides is 1. The Kier molecular flexibility index (Phi) is 5.77. The van der Waals surface area contributed by atoms with Gasteiger partial charge in [0.25, 0.3) is 0 Å². The Labute approximate surface area is 125 Å². The second-order valence-electron chi connectivity index (χ2n) is 5.92. The Morgan fingerprint density at radius 3 is 2.67 bits per heavy atom. The summed E-state index contributed by atoms with van der Waals surface area (Å²) < 4.78 is 29.2. The molecule has 1 aromatic heterocycles. The van der Waals surface area contributed by atoms with Crippen LogP contribution in [-0.2, 0) is 27.7 Å². The van der Waals surface area contributed by atoms with Gasteiger partial charge in [0.2, 0.25) is 0 Å². The zero-order valence-electron chi connectivity index (χ0n) is 12.9. The Morgan fingerprint density at radius 1 is 1.43 bits per heavy atom. The lowest BCUT2D eigenvalue weighted by Gasteiger charge is -2.19. The summed E-state index contributed by atoms with van der Waals surface area (Å²) in [6, 6.07) is 0. The lowest BCUT2D eigenvalue weighted by molar-refractivity contribution is 0.0522. The van der Waals surface area contributed by atoms with E-state index in [0.717, 1.165) is 5.69 Å². The van der Waals surface area contributed by atoms with Gasteiger partial charge in [-0.15, -0.1) is 0 Å². The van der Waals surface area contributed by atoms with Gasteiger partial charge in [0, 0.05) is 19.0 Å². The van der Waals surface area contributed by atoms with E-state index in [1.165, 1.54) is 6.26 Å². The number of nitrogens with zero attached hydrogens (tertiary/aromatic N) is 2. The van der Waals surface area contributed by atoms with Gasteiger partial charge in [0.05, 0.1) is 24.3 Å². The average Bonchev–Trinajstić information content (AvgIpc) is 2.70. The fourth-order valence-corrected chi connectivity index (χ4v) is 2.32. The molecule has 1 aromatic rings. The molecule has 0 saturated carbocycles. The predicted molar refractivity (Wildman–Crippen MR) is 79.6 cm³/mol. The molecule has 0 saturated heterocycles. The third-order valence-corrected chi connectivity index (χ3v) is 3.56. The third kappa shape index (κ3) is 7.69. The first-order valence-electron chi connectivity index (χ1n) is 6.70. The summed E-state index contributed by atoms with van der Waals surface area (Å²) in [5, 5.41) is 2.65. The number of rotatable bonds is 6. The van der Waals surface area contributed by atoms with E-state index in [-0.39, 0.29) is 12.3 Å². The number of aromatic nitrogens is 2. The number of nitrogens with one attached hydrogen (secondary N) is 1. The first-order chi connectivity index (χ1) is 9.57. The van der Waals surface area contributed by atoms with Crippen molar-refractivity contribution in [3.8, 4) is 0 Å². The van der Waals surface area contributed by atoms with Crippen molar-refractivity contribution in [2.45, 2.75) is 45.9 Å². The molecule has 1 N–H and O–H groups in total. The van der Waals surface area contributed by atoms with Gasteiger partial charge in [-0.05, 0) is 27.2 Å². The topological polar surface area (TPSA) is 90.3 Å². The number of carbonyl (C=O) groups excluding carboxylic acids is 1. The van der Waals surface area contributed by atoms with E-state index in [1.54, 1.807) is 33.3 Å². The van der Waals surface area contributed by atoms with Crippen molar-refractivity contribution in [3.05, 3.63) is 18.2 Å². The first-order valence-corrected chi connectivity index (χ1v) is 8.76. The third-order valence-electron chi connectivity index (χ3n) is 2.53. The number of sulfone groups is 1. The van der Waals surface area contributed by atoms with Gasteiger partial charge in [-0.25, -0.2) is 18.2 Å². The van der Waals surface area contributed by atoms with Crippen molar-refractivity contribution in [3.63, 3.8) is 0 Å². The van der Waals surface area contributed by atoms with Crippen LogP contribution >= 0.6 is 0 Å². The van der Waals surface area contributed by atoms with Crippen LogP contribution in [0.2, 0.25) is 0 Å². The summed E-state index contributed by atoms with van der Waals surface area (Å²) >= 11 is 0. The summed E-state index contributed by atoms with van der Waals surface area (Å²) in [6.45, 7) is 6.21. The minimum Gasteiger partial charge on any atom is -0.444 e. The van der Waals surface area contributed by atoms with Gasteiger partial charge in [0.1, 0.15) is 15.4 Å². The Bertz CT molecular complexity index is 572. The van der Waals surface area contributed by atoms with E-state index in [0.29, 0.717) is 13.0 Å². The van der Waals surface area contributed by atoms with Gasteiger partial charge in [-0.2, -0.15) is 0 Å². The number of carbonyl (C=O) groups is 1. The first kappa shape index (κ1) is 17.5. The average molecular weight is 317 g/mol. The molecule has 0 bridgehead atoms. The SMILES string of the molecule is CC(C)(C)OC(=O)NCc1cncn1CCCS(C)(=O)=O. The van der Waals surface area contributed by atoms with E-state index < -0.39 is 21.5 Å². The quantitative estimate of drug-likeness (QED) is 0.855. The summed E-state index contributed by atoms with van der Waals surface area (Å²) in [5.74, 6) is 0.129. The van der Waals surface area contributed by atoms with Crippen LogP contribution in [0, 0.1) is 0 Å². The second kappa shape index (κ2) is 6.93. The number of hydrogen-bond acceptors (Lipinski definition) is 5. The molecule has 1 amide bonds. The second-order valence-corrected chi connectivity index (χ2v) is 8.18. The lowest BCUT2D eigenvalue weighted by Crippen LogP contribution is -2.32. The molecule has 0 aromatic carbocycles. The Balaban J connectivity index is 2.47. The zero-order valence-corrected chi connectivity index (χ0v) is 13.7. The van der Waals surface area contributed by atoms with Gasteiger partial charge in [0.15, 0.2) is 0 Å². The number of imidazole rings is 1. The van der Waals surface area contributed by atoms with Gasteiger partial charge in [-0.1, -0.05) is 0 Å². The van der Waals surface area contributed by atoms with Gasteiger partial charge < -0.3 is 14.6 Å². The minimum absolute atomic E-state index is 0.129. The molecule has 0 aliphatic heterocycles. The van der Waals surface area contributed by atoms with Crippen molar-refractivity contribution in [1.29, 1.82) is 0 Å². The highest BCUT2D eigenvalue weighted by molar-refractivity contribution is 7.90. The molecule has 1 rings (SSSR count). The standard InChI is InChI=1S/C13H23N3O4S/c1-13(2,3)20-12(17)15-9-11-8-14-10-16(11)6-5-7-21(4,18)19/h8,10H,5-7,9H2,1-4H3,(H,15,17). The van der Waals surface area contributed by atoms with Crippen LogP contribution in [0.15, 0.2) is 12.5 Å². The fraction of sp³-hybridized carbons (Fsp3) is 0.692. The van der Waals surface area contributed by atoms with E-state index in [2.05, 4.69) is 10.3 Å². The van der Waals surface area contributed by atoms with Crippen LogP contribution in [0.3, 0.4) is 0 Å². The van der Waals surface area contributed by atoms with E-state index in [1.807, 2.05) is 4.57 Å². The lowest BCUT2D eigenvalue weighted by atomic mass is 10.2. The summed E-state index contributed by atoms with van der Waals surface area (Å²) in [4.78, 5) is 15.6. The van der Waals surface area contributed by atoms with Crippen LogP contribution in [0.5, 0.6) is 0 Å². The van der Waals surface area contributed by atoms with Crippen molar-refractivity contribution in [1.82, 2.24) is 14.9 Å². The van der Waals surface area contributed by atoms with Gasteiger partial charge >= 0.3 is 6.09 Å². The van der Waals surface area contributed by atoms with Crippen LogP contribution in [0.4, 0.5) is 4.79 Å². The van der Waals surface area contributed by atoms with Crippen LogP contribution in [-0.4, -0.2) is 41.7 Å². The molecule has 0 spiro atoms. The molecular formula is C13H23N3O4S. The number of aryl methyl sites for hydroxylation is 1. The smallest absolute Gasteiger partial charge is 0.407 e. The van der Waals surface area contributed by atoms with E-state index in [9.17, 15) is 13.2 Å². The van der Waals surface area contributed by atoms with Crippen molar-refractivity contribution in [2.75, 3.05) is 12.0 Å². The molecule has 0 radical (unpaired) electrons. The molecule has 0 aliphatic carbocycles. The molecule has 120 valence electrons. The molecule has 0 fully saturated rings. The molecule has 0 aliphatic rings. The molecule has 7 nitrogen and oxygen atoms in total. The monoisotopic (exact) mass is 317 g/mol. The fourth-order valence-electron chi connectivity index (χ4n) is 1.67.